The second-order valence-electron chi connectivity index (χ2n) is 4.66. The number of β-amino-alcohol motifs (C(OH)–C–C–N with tert-alkyl or cyclic N) is 1. The summed E-state index contributed by atoms with van der Waals surface area (Å²) in [6.07, 6.45) is 0. The monoisotopic (exact) mass is 297 g/mol. The van der Waals surface area contributed by atoms with Crippen LogP contribution in [0.15, 0.2) is 18.2 Å². The summed E-state index contributed by atoms with van der Waals surface area (Å²) >= 11 is 7.70. The van der Waals surface area contributed by atoms with E-state index in [0.717, 1.165) is 53.1 Å². The molecule has 2 heterocycles. The number of aromatic nitrogens is 1. The van der Waals surface area contributed by atoms with E-state index in [9.17, 15) is 0 Å². The molecular formula is C13H16ClN3OS. The first-order valence-electron chi connectivity index (χ1n) is 6.40. The third-order valence-electron chi connectivity index (χ3n) is 3.40. The van der Waals surface area contributed by atoms with E-state index in [-0.39, 0.29) is 6.61 Å². The fourth-order valence-corrected chi connectivity index (χ4v) is 3.62. The lowest BCUT2D eigenvalue weighted by Crippen LogP contribution is -2.47. The topological polar surface area (TPSA) is 39.6 Å². The van der Waals surface area contributed by atoms with Crippen molar-refractivity contribution in [3.63, 3.8) is 0 Å². The molecule has 0 aliphatic carbocycles. The minimum absolute atomic E-state index is 0.236. The molecule has 1 fully saturated rings. The number of thiazole rings is 1. The van der Waals surface area contributed by atoms with Gasteiger partial charge in [-0.25, -0.2) is 4.98 Å². The summed E-state index contributed by atoms with van der Waals surface area (Å²) in [7, 11) is 0. The first-order chi connectivity index (χ1) is 9.26. The van der Waals surface area contributed by atoms with Crippen molar-refractivity contribution in [2.75, 3.05) is 44.2 Å². The molecule has 1 aliphatic rings. The van der Waals surface area contributed by atoms with Crippen molar-refractivity contribution in [2.24, 2.45) is 0 Å². The van der Waals surface area contributed by atoms with E-state index in [1.54, 1.807) is 11.3 Å². The summed E-state index contributed by atoms with van der Waals surface area (Å²) in [5.74, 6) is 0. The lowest BCUT2D eigenvalue weighted by atomic mass is 10.3. The third kappa shape index (κ3) is 2.84. The average molecular weight is 298 g/mol. The maximum Gasteiger partial charge on any atom is 0.186 e. The van der Waals surface area contributed by atoms with Crippen molar-refractivity contribution < 1.29 is 5.11 Å². The SMILES string of the molecule is OCCN1CCN(c2nc3ccc(Cl)cc3s2)CC1. The Morgan fingerprint density at radius 1 is 1.26 bits per heavy atom. The number of aliphatic hydroxyl groups excluding tert-OH is 1. The Bertz CT molecular complexity index is 566. The highest BCUT2D eigenvalue weighted by Gasteiger charge is 2.19. The number of rotatable bonds is 3. The smallest absolute Gasteiger partial charge is 0.186 e. The number of halogens is 1. The maximum absolute atomic E-state index is 8.94. The molecule has 0 radical (unpaired) electrons. The molecule has 0 unspecified atom stereocenters. The van der Waals surface area contributed by atoms with Crippen LogP contribution in [0.4, 0.5) is 5.13 Å². The number of fused-ring (bicyclic) bond motifs is 1. The number of aliphatic hydroxyl groups is 1. The number of hydrogen-bond acceptors (Lipinski definition) is 5. The van der Waals surface area contributed by atoms with Crippen LogP contribution >= 0.6 is 22.9 Å². The highest BCUT2D eigenvalue weighted by Crippen LogP contribution is 2.31. The van der Waals surface area contributed by atoms with Gasteiger partial charge >= 0.3 is 0 Å². The third-order valence-corrected chi connectivity index (χ3v) is 4.71. The van der Waals surface area contributed by atoms with Crippen molar-refractivity contribution >= 4 is 38.3 Å². The van der Waals surface area contributed by atoms with Crippen molar-refractivity contribution in [3.8, 4) is 0 Å². The number of nitrogens with zero attached hydrogens (tertiary/aromatic N) is 3. The Morgan fingerprint density at radius 2 is 2.05 bits per heavy atom. The van der Waals surface area contributed by atoms with Crippen LogP contribution in [0.1, 0.15) is 0 Å². The molecule has 3 rings (SSSR count). The summed E-state index contributed by atoms with van der Waals surface area (Å²) in [5, 5.41) is 10.8. The molecule has 0 spiro atoms. The van der Waals surface area contributed by atoms with E-state index >= 15 is 0 Å². The van der Waals surface area contributed by atoms with E-state index in [1.807, 2.05) is 18.2 Å². The normalized spacial score (nSPS) is 17.3. The first kappa shape index (κ1) is 13.1. The van der Waals surface area contributed by atoms with Crippen molar-refractivity contribution in [1.29, 1.82) is 0 Å². The minimum Gasteiger partial charge on any atom is -0.395 e. The van der Waals surface area contributed by atoms with Gasteiger partial charge in [0.05, 0.1) is 16.8 Å². The van der Waals surface area contributed by atoms with Gasteiger partial charge < -0.3 is 10.0 Å². The van der Waals surface area contributed by atoms with Gasteiger partial charge in [0.1, 0.15) is 0 Å². The number of benzene rings is 1. The van der Waals surface area contributed by atoms with Crippen molar-refractivity contribution in [1.82, 2.24) is 9.88 Å². The van der Waals surface area contributed by atoms with Crippen LogP contribution < -0.4 is 4.90 Å². The van der Waals surface area contributed by atoms with Gasteiger partial charge in [0, 0.05) is 37.7 Å². The predicted molar refractivity (Wildman–Crippen MR) is 80.4 cm³/mol. The Labute approximate surface area is 121 Å². The number of piperazine rings is 1. The van der Waals surface area contributed by atoms with E-state index < -0.39 is 0 Å². The molecule has 1 saturated heterocycles. The second kappa shape index (κ2) is 5.63. The zero-order valence-electron chi connectivity index (χ0n) is 10.5. The van der Waals surface area contributed by atoms with Gasteiger partial charge in [0.25, 0.3) is 0 Å². The van der Waals surface area contributed by atoms with Crippen LogP contribution in [0, 0.1) is 0 Å². The molecule has 4 nitrogen and oxygen atoms in total. The fourth-order valence-electron chi connectivity index (χ4n) is 2.33. The van der Waals surface area contributed by atoms with Gasteiger partial charge in [-0.15, -0.1) is 0 Å². The Balaban J connectivity index is 1.74. The molecule has 0 saturated carbocycles. The van der Waals surface area contributed by atoms with E-state index in [1.165, 1.54) is 0 Å². The molecule has 1 aromatic carbocycles. The van der Waals surface area contributed by atoms with Crippen LogP contribution in [-0.2, 0) is 0 Å². The van der Waals surface area contributed by atoms with Crippen LogP contribution in [0.25, 0.3) is 10.2 Å². The highest BCUT2D eigenvalue weighted by atomic mass is 35.5. The Morgan fingerprint density at radius 3 is 2.79 bits per heavy atom. The maximum atomic E-state index is 8.94. The molecule has 19 heavy (non-hydrogen) atoms. The van der Waals surface area contributed by atoms with Gasteiger partial charge in [-0.05, 0) is 18.2 Å². The van der Waals surface area contributed by atoms with Gasteiger partial charge in [-0.2, -0.15) is 0 Å². The Kier molecular flexibility index (Phi) is 3.88. The zero-order valence-corrected chi connectivity index (χ0v) is 12.1. The molecule has 0 bridgehead atoms. The fraction of sp³-hybridized carbons (Fsp3) is 0.462. The van der Waals surface area contributed by atoms with Crippen LogP contribution in [-0.4, -0.2) is 54.3 Å². The second-order valence-corrected chi connectivity index (χ2v) is 6.11. The largest absolute Gasteiger partial charge is 0.395 e. The molecule has 6 heteroatoms. The molecule has 2 aromatic rings. The molecule has 102 valence electrons. The average Bonchev–Trinajstić information content (AvgIpc) is 2.83. The molecule has 0 amide bonds. The zero-order chi connectivity index (χ0) is 13.2. The lowest BCUT2D eigenvalue weighted by molar-refractivity contribution is 0.189. The van der Waals surface area contributed by atoms with Crippen molar-refractivity contribution in [3.05, 3.63) is 23.2 Å². The summed E-state index contributed by atoms with van der Waals surface area (Å²) in [6.45, 7) is 4.90. The van der Waals surface area contributed by atoms with Crippen LogP contribution in [0.2, 0.25) is 5.02 Å². The molecule has 0 atom stereocenters. The van der Waals surface area contributed by atoms with Gasteiger partial charge in [0.2, 0.25) is 0 Å². The molecule has 1 N–H and O–H groups in total. The lowest BCUT2D eigenvalue weighted by Gasteiger charge is -2.34. The predicted octanol–water partition coefficient (Wildman–Crippen LogP) is 2.06. The number of anilines is 1. The van der Waals surface area contributed by atoms with Gasteiger partial charge in [0.15, 0.2) is 5.13 Å². The molecule has 1 aromatic heterocycles. The van der Waals surface area contributed by atoms with Crippen LogP contribution in [0.5, 0.6) is 0 Å². The summed E-state index contributed by atoms with van der Waals surface area (Å²) in [5.41, 5.74) is 1.02. The molecule has 1 aliphatic heterocycles. The quantitative estimate of drug-likeness (QED) is 0.941. The van der Waals surface area contributed by atoms with E-state index in [0.29, 0.717) is 0 Å². The van der Waals surface area contributed by atoms with Gasteiger partial charge in [-0.3, -0.25) is 4.90 Å². The van der Waals surface area contributed by atoms with Gasteiger partial charge in [-0.1, -0.05) is 22.9 Å². The summed E-state index contributed by atoms with van der Waals surface area (Å²) in [6, 6.07) is 5.83. The highest BCUT2D eigenvalue weighted by molar-refractivity contribution is 7.22. The van der Waals surface area contributed by atoms with Crippen molar-refractivity contribution in [2.45, 2.75) is 0 Å². The molecular weight excluding hydrogens is 282 g/mol. The summed E-state index contributed by atoms with van der Waals surface area (Å²) < 4.78 is 1.14. The van der Waals surface area contributed by atoms with E-state index in [4.69, 9.17) is 16.7 Å². The Hall–Kier alpha value is -0.880. The number of hydrogen-bond donors (Lipinski definition) is 1. The minimum atomic E-state index is 0.236. The first-order valence-corrected chi connectivity index (χ1v) is 7.60. The summed E-state index contributed by atoms with van der Waals surface area (Å²) in [4.78, 5) is 9.26. The standard InChI is InChI=1S/C13H16ClN3OS/c14-10-1-2-11-12(9-10)19-13(15-11)17-5-3-16(4-6-17)7-8-18/h1-2,9,18H,3-8H2. The van der Waals surface area contributed by atoms with Crippen LogP contribution in [0.3, 0.4) is 0 Å². The van der Waals surface area contributed by atoms with E-state index in [2.05, 4.69) is 14.8 Å².